The lowest BCUT2D eigenvalue weighted by Gasteiger charge is -2.26. The quantitative estimate of drug-likeness (QED) is 0.157. The maximum Gasteiger partial charge on any atom is 0.263 e. The highest BCUT2D eigenvalue weighted by Gasteiger charge is 2.59. The Hall–Kier alpha value is -4.27. The second kappa shape index (κ2) is 10.8. The van der Waals surface area contributed by atoms with Crippen LogP contribution in [0.15, 0.2) is 66.5 Å². The number of aromatic nitrogens is 2. The van der Waals surface area contributed by atoms with Crippen LogP contribution in [0, 0.1) is 16.7 Å². The summed E-state index contributed by atoms with van der Waals surface area (Å²) in [5.41, 5.74) is 7.12. The monoisotopic (exact) mass is 606 g/mol. The second-order valence-corrected chi connectivity index (χ2v) is 12.5. The number of hydrazine groups is 2. The molecular weight excluding hydrogens is 577 g/mol. The molecule has 2 aliphatic rings. The van der Waals surface area contributed by atoms with Crippen LogP contribution >= 0.6 is 11.6 Å². The number of halogens is 4. The van der Waals surface area contributed by atoms with Crippen LogP contribution in [0.2, 0.25) is 5.02 Å². The number of pyridine rings is 2. The van der Waals surface area contributed by atoms with Gasteiger partial charge in [-0.05, 0) is 48.1 Å². The Morgan fingerprint density at radius 1 is 1.14 bits per heavy atom. The van der Waals surface area contributed by atoms with E-state index in [9.17, 15) is 14.0 Å². The average Bonchev–Trinajstić information content (AvgIpc) is 3.70. The highest BCUT2D eigenvalue weighted by atomic mass is 35.5. The Labute approximate surface area is 251 Å². The Balaban J connectivity index is 1.49. The Morgan fingerprint density at radius 3 is 2.63 bits per heavy atom. The fourth-order valence-corrected chi connectivity index (χ4v) is 5.59. The number of nitrogens with one attached hydrogen (secondary N) is 4. The molecule has 4 aromatic rings. The summed E-state index contributed by atoms with van der Waals surface area (Å²) >= 11 is 6.73. The fraction of sp³-hybridized carbons (Fsp3) is 0.323. The summed E-state index contributed by atoms with van der Waals surface area (Å²) < 4.78 is 44.0. The van der Waals surface area contributed by atoms with E-state index in [0.29, 0.717) is 50.5 Å². The van der Waals surface area contributed by atoms with E-state index >= 15 is 4.39 Å². The zero-order valence-corrected chi connectivity index (χ0v) is 24.5. The van der Waals surface area contributed by atoms with E-state index in [4.69, 9.17) is 11.6 Å². The normalized spacial score (nSPS) is 16.9. The summed E-state index contributed by atoms with van der Waals surface area (Å²) in [5.74, 6) is -0.830. The van der Waals surface area contributed by atoms with Gasteiger partial charge < -0.3 is 16.1 Å². The van der Waals surface area contributed by atoms with E-state index in [1.807, 2.05) is 24.3 Å². The summed E-state index contributed by atoms with van der Waals surface area (Å²) in [7, 11) is 0. The first-order chi connectivity index (χ1) is 20.5. The molecular formula is C31H30ClF3N8. The van der Waals surface area contributed by atoms with Crippen molar-refractivity contribution in [3.8, 4) is 6.07 Å². The molecule has 0 amide bonds. The van der Waals surface area contributed by atoms with Crippen molar-refractivity contribution in [2.45, 2.75) is 51.6 Å². The lowest BCUT2D eigenvalue weighted by Crippen LogP contribution is -2.49. The molecule has 2 aromatic heterocycles. The molecule has 1 atom stereocenters. The van der Waals surface area contributed by atoms with Crippen LogP contribution in [0.3, 0.4) is 0 Å². The molecule has 43 heavy (non-hydrogen) atoms. The van der Waals surface area contributed by atoms with Crippen molar-refractivity contribution in [2.75, 3.05) is 17.2 Å². The SMILES string of the molecule is CC(C)(C)CNc1c(C#N)cnc2c(Cl)cc(N[C@H](C3=C(F)N(C4(C(F)F)CC4)NN3)c3cccc4ncccc34)cc12. The zero-order valence-electron chi connectivity index (χ0n) is 23.8. The summed E-state index contributed by atoms with van der Waals surface area (Å²) in [6.07, 6.45) is 0.738. The van der Waals surface area contributed by atoms with Gasteiger partial charge >= 0.3 is 0 Å². The molecule has 2 aromatic carbocycles. The van der Waals surface area contributed by atoms with Crippen LogP contribution in [0.1, 0.15) is 50.8 Å². The predicted octanol–water partition coefficient (Wildman–Crippen LogP) is 7.18. The van der Waals surface area contributed by atoms with Gasteiger partial charge in [0.2, 0.25) is 5.95 Å². The Morgan fingerprint density at radius 2 is 1.93 bits per heavy atom. The van der Waals surface area contributed by atoms with Crippen molar-refractivity contribution < 1.29 is 13.2 Å². The van der Waals surface area contributed by atoms with Crippen molar-refractivity contribution in [1.82, 2.24) is 25.9 Å². The lowest BCUT2D eigenvalue weighted by atomic mass is 9.96. The van der Waals surface area contributed by atoms with Gasteiger partial charge in [-0.1, -0.05) is 50.6 Å². The van der Waals surface area contributed by atoms with Crippen LogP contribution in [0.4, 0.5) is 24.5 Å². The van der Waals surface area contributed by atoms with Gasteiger partial charge in [0.1, 0.15) is 17.3 Å². The molecule has 0 unspecified atom stereocenters. The van der Waals surface area contributed by atoms with E-state index in [0.717, 1.165) is 10.4 Å². The van der Waals surface area contributed by atoms with Crippen molar-refractivity contribution >= 4 is 44.8 Å². The number of anilines is 2. The average molecular weight is 607 g/mol. The lowest BCUT2D eigenvalue weighted by molar-refractivity contribution is -0.00954. The molecule has 3 heterocycles. The maximum absolute atomic E-state index is 16.1. The largest absolute Gasteiger partial charge is 0.383 e. The second-order valence-electron chi connectivity index (χ2n) is 12.1. The number of fused-ring (bicyclic) bond motifs is 2. The number of nitrogens with zero attached hydrogens (tertiary/aromatic N) is 4. The molecule has 0 radical (unpaired) electrons. The first-order valence-corrected chi connectivity index (χ1v) is 14.3. The molecule has 1 aliphatic carbocycles. The molecule has 1 fully saturated rings. The first kappa shape index (κ1) is 28.8. The van der Waals surface area contributed by atoms with Gasteiger partial charge in [-0.15, -0.1) is 5.53 Å². The fourth-order valence-electron chi connectivity index (χ4n) is 5.33. The third-order valence-corrected chi connectivity index (χ3v) is 8.05. The molecule has 0 bridgehead atoms. The van der Waals surface area contributed by atoms with Crippen LogP contribution in [0.25, 0.3) is 21.8 Å². The van der Waals surface area contributed by atoms with E-state index in [1.165, 1.54) is 6.20 Å². The molecule has 222 valence electrons. The molecule has 12 heteroatoms. The third-order valence-electron chi connectivity index (χ3n) is 7.77. The molecule has 1 aliphatic heterocycles. The summed E-state index contributed by atoms with van der Waals surface area (Å²) in [6.45, 7) is 6.81. The highest BCUT2D eigenvalue weighted by molar-refractivity contribution is 6.35. The summed E-state index contributed by atoms with van der Waals surface area (Å²) in [4.78, 5) is 8.86. The minimum Gasteiger partial charge on any atom is -0.383 e. The summed E-state index contributed by atoms with van der Waals surface area (Å²) in [6, 6.07) is 13.9. The molecule has 0 saturated heterocycles. The van der Waals surface area contributed by atoms with E-state index in [1.54, 1.807) is 24.4 Å². The van der Waals surface area contributed by atoms with E-state index in [2.05, 4.69) is 58.4 Å². The topological polar surface area (TPSA) is 101 Å². The zero-order chi connectivity index (χ0) is 30.5. The number of rotatable bonds is 8. The minimum atomic E-state index is -2.74. The van der Waals surface area contributed by atoms with Gasteiger partial charge in [0.05, 0.1) is 33.3 Å². The third kappa shape index (κ3) is 5.26. The maximum atomic E-state index is 16.1. The van der Waals surface area contributed by atoms with Crippen molar-refractivity contribution in [1.29, 1.82) is 5.26 Å². The van der Waals surface area contributed by atoms with Crippen LogP contribution < -0.4 is 21.6 Å². The number of alkyl halides is 2. The predicted molar refractivity (Wildman–Crippen MR) is 162 cm³/mol. The molecule has 0 spiro atoms. The number of hydrogen-bond acceptors (Lipinski definition) is 8. The number of hydrogen-bond donors (Lipinski definition) is 4. The number of benzene rings is 2. The first-order valence-electron chi connectivity index (χ1n) is 13.9. The van der Waals surface area contributed by atoms with Crippen LogP contribution in [0.5, 0.6) is 0 Å². The smallest absolute Gasteiger partial charge is 0.263 e. The minimum absolute atomic E-state index is 0.0366. The van der Waals surface area contributed by atoms with Crippen LogP contribution in [-0.2, 0) is 0 Å². The highest BCUT2D eigenvalue weighted by Crippen LogP contribution is 2.49. The summed E-state index contributed by atoms with van der Waals surface area (Å²) in [5, 5.41) is 19.2. The van der Waals surface area contributed by atoms with E-state index in [-0.39, 0.29) is 24.0 Å². The van der Waals surface area contributed by atoms with Crippen molar-refractivity contribution in [3.63, 3.8) is 0 Å². The van der Waals surface area contributed by atoms with Gasteiger partial charge in [0.15, 0.2) is 0 Å². The Kier molecular flexibility index (Phi) is 7.22. The number of nitriles is 1. The van der Waals surface area contributed by atoms with Gasteiger partial charge in [-0.2, -0.15) is 9.65 Å². The molecule has 6 rings (SSSR count). The standard InChI is InChI=1S/C31H30ClF3N8/c1-30(2,3)16-39-24-17(14-36)15-38-25-21(24)12-18(13-22(25)32)40-26(20-6-4-8-23-19(20)7-5-11-37-23)27-28(33)43(42-41-27)31(9-10-31)29(34)35/h4-8,11-13,15,26,29,40-42H,9-10,16H2,1-3H3,(H,38,39)/t26-/m0/s1. The van der Waals surface area contributed by atoms with Gasteiger partial charge in [0, 0.05) is 35.4 Å². The molecule has 4 N–H and O–H groups in total. The van der Waals surface area contributed by atoms with Gasteiger partial charge in [0.25, 0.3) is 6.43 Å². The van der Waals surface area contributed by atoms with Gasteiger partial charge in [-0.25, -0.2) is 8.78 Å². The van der Waals surface area contributed by atoms with Gasteiger partial charge in [-0.3, -0.25) is 15.0 Å². The Bertz CT molecular complexity index is 1790. The van der Waals surface area contributed by atoms with Crippen molar-refractivity contribution in [2.24, 2.45) is 5.41 Å². The van der Waals surface area contributed by atoms with Crippen LogP contribution in [-0.4, -0.2) is 33.5 Å². The van der Waals surface area contributed by atoms with E-state index < -0.39 is 24.0 Å². The van der Waals surface area contributed by atoms with Crippen molar-refractivity contribution in [3.05, 3.63) is 82.7 Å². The molecule has 1 saturated carbocycles. The molecule has 8 nitrogen and oxygen atoms in total.